The van der Waals surface area contributed by atoms with Crippen molar-refractivity contribution in [2.24, 2.45) is 0 Å². The van der Waals surface area contributed by atoms with Gasteiger partial charge in [-0.25, -0.2) is 0 Å². The van der Waals surface area contributed by atoms with Gasteiger partial charge in [0.05, 0.1) is 17.1 Å². The van der Waals surface area contributed by atoms with Crippen molar-refractivity contribution in [3.05, 3.63) is 64.6 Å². The molecule has 0 bridgehead atoms. The predicted molar refractivity (Wildman–Crippen MR) is 146 cm³/mol. The molecule has 4 rings (SSSR count). The third-order valence-electron chi connectivity index (χ3n) is 6.24. The number of benzene rings is 2. The molecule has 0 radical (unpaired) electrons. The second-order valence-electron chi connectivity index (χ2n) is 9.28. The molecule has 8 heteroatoms. The number of nitrogens with one attached hydrogen (secondary N) is 1. The lowest BCUT2D eigenvalue weighted by Gasteiger charge is -2.42. The first-order chi connectivity index (χ1) is 17.1. The highest BCUT2D eigenvalue weighted by Crippen LogP contribution is 2.40. The maximum absolute atomic E-state index is 13.0. The average molecular weight is 506 g/mol. The fraction of sp³-hybridized carbons (Fsp3) is 0.321. The van der Waals surface area contributed by atoms with E-state index in [1.807, 2.05) is 19.1 Å². The third-order valence-corrected chi connectivity index (χ3v) is 7.15. The number of anilines is 2. The zero-order valence-electron chi connectivity index (χ0n) is 21.3. The standard InChI is InChI=1S/C28H31N3O4S/c1-6-31-23-13-8-19(14-22(23)18(3)16-28(31,4)5)15-24-26(33)30(27(34)36-24)17-25(32)29-20-9-11-21(12-10-20)35-7-2/h8-16H,6-7,17H2,1-5H3,(H,29,32)/b24-15-. The summed E-state index contributed by atoms with van der Waals surface area (Å²) in [7, 11) is 0. The Labute approximate surface area is 216 Å². The van der Waals surface area contributed by atoms with Crippen molar-refractivity contribution in [1.82, 2.24) is 4.90 Å². The molecule has 7 nitrogen and oxygen atoms in total. The number of hydrogen-bond acceptors (Lipinski definition) is 6. The van der Waals surface area contributed by atoms with E-state index < -0.39 is 17.1 Å². The number of carbonyl (C=O) groups excluding carboxylic acids is 3. The number of hydrogen-bond donors (Lipinski definition) is 1. The summed E-state index contributed by atoms with van der Waals surface area (Å²) in [6, 6.07) is 13.0. The second kappa shape index (κ2) is 10.2. The Kier molecular flexibility index (Phi) is 7.26. The number of ether oxygens (including phenoxy) is 1. The van der Waals surface area contributed by atoms with Crippen LogP contribution in [0.1, 0.15) is 45.7 Å². The molecule has 0 aromatic heterocycles. The Balaban J connectivity index is 1.47. The summed E-state index contributed by atoms with van der Waals surface area (Å²) in [5, 5.41) is 2.26. The first kappa shape index (κ1) is 25.6. The monoisotopic (exact) mass is 505 g/mol. The average Bonchev–Trinajstić information content (AvgIpc) is 3.08. The van der Waals surface area contributed by atoms with Gasteiger partial charge in [-0.3, -0.25) is 19.3 Å². The van der Waals surface area contributed by atoms with Gasteiger partial charge in [-0.15, -0.1) is 0 Å². The van der Waals surface area contributed by atoms with Gasteiger partial charge in [-0.1, -0.05) is 12.1 Å². The Morgan fingerprint density at radius 3 is 2.50 bits per heavy atom. The minimum Gasteiger partial charge on any atom is -0.494 e. The van der Waals surface area contributed by atoms with Crippen LogP contribution in [0.5, 0.6) is 5.75 Å². The molecule has 36 heavy (non-hydrogen) atoms. The molecule has 188 valence electrons. The number of imide groups is 1. The van der Waals surface area contributed by atoms with Crippen LogP contribution in [-0.2, 0) is 9.59 Å². The molecule has 2 aromatic carbocycles. The summed E-state index contributed by atoms with van der Waals surface area (Å²) < 4.78 is 5.39. The molecule has 0 atom stereocenters. The van der Waals surface area contributed by atoms with Crippen molar-refractivity contribution in [1.29, 1.82) is 0 Å². The minimum absolute atomic E-state index is 0.0814. The summed E-state index contributed by atoms with van der Waals surface area (Å²) in [6.07, 6.45) is 3.97. The molecular formula is C28H31N3O4S. The van der Waals surface area contributed by atoms with Crippen LogP contribution in [0, 0.1) is 0 Å². The second-order valence-corrected chi connectivity index (χ2v) is 10.3. The smallest absolute Gasteiger partial charge is 0.294 e. The summed E-state index contributed by atoms with van der Waals surface area (Å²) in [5.74, 6) is -0.210. The van der Waals surface area contributed by atoms with Crippen molar-refractivity contribution >= 4 is 51.8 Å². The third kappa shape index (κ3) is 5.18. The van der Waals surface area contributed by atoms with Gasteiger partial charge < -0.3 is 15.0 Å². The van der Waals surface area contributed by atoms with E-state index in [0.717, 1.165) is 40.0 Å². The van der Waals surface area contributed by atoms with Crippen LogP contribution < -0.4 is 15.0 Å². The van der Waals surface area contributed by atoms with Crippen LogP contribution in [-0.4, -0.2) is 47.2 Å². The number of carbonyl (C=O) groups is 3. The number of nitrogens with zero attached hydrogens (tertiary/aromatic N) is 2. The van der Waals surface area contributed by atoms with Gasteiger partial charge in [0.2, 0.25) is 5.91 Å². The molecule has 2 aliphatic heterocycles. The van der Waals surface area contributed by atoms with Gasteiger partial charge in [0, 0.05) is 23.5 Å². The Bertz CT molecular complexity index is 1260. The minimum atomic E-state index is -0.465. The summed E-state index contributed by atoms with van der Waals surface area (Å²) in [5.41, 5.74) is 4.75. The molecular weight excluding hydrogens is 474 g/mol. The zero-order chi connectivity index (χ0) is 26.0. The van der Waals surface area contributed by atoms with E-state index in [1.165, 1.54) is 5.57 Å². The molecule has 1 N–H and O–H groups in total. The van der Waals surface area contributed by atoms with Crippen LogP contribution in [0.15, 0.2) is 53.4 Å². The highest BCUT2D eigenvalue weighted by Gasteiger charge is 2.36. The van der Waals surface area contributed by atoms with E-state index in [4.69, 9.17) is 4.74 Å². The highest BCUT2D eigenvalue weighted by molar-refractivity contribution is 8.18. The van der Waals surface area contributed by atoms with E-state index >= 15 is 0 Å². The molecule has 1 fully saturated rings. The zero-order valence-corrected chi connectivity index (χ0v) is 22.1. The molecule has 0 aliphatic carbocycles. The number of amides is 3. The van der Waals surface area contributed by atoms with Crippen LogP contribution in [0.4, 0.5) is 16.2 Å². The maximum Gasteiger partial charge on any atom is 0.294 e. The number of likely N-dealkylation sites (N-methyl/N-ethyl adjacent to an activating group) is 1. The molecule has 1 saturated heterocycles. The molecule has 0 unspecified atom stereocenters. The molecule has 0 spiro atoms. The highest BCUT2D eigenvalue weighted by atomic mass is 32.2. The van der Waals surface area contributed by atoms with E-state index in [2.05, 4.69) is 50.1 Å². The normalized spacial score (nSPS) is 17.8. The quantitative estimate of drug-likeness (QED) is 0.481. The van der Waals surface area contributed by atoms with Crippen LogP contribution in [0.2, 0.25) is 0 Å². The first-order valence-corrected chi connectivity index (χ1v) is 12.8. The van der Waals surface area contributed by atoms with Crippen molar-refractivity contribution in [2.75, 3.05) is 29.9 Å². The number of fused-ring (bicyclic) bond motifs is 1. The number of allylic oxidation sites excluding steroid dienone is 1. The molecule has 0 saturated carbocycles. The molecule has 3 amide bonds. The topological polar surface area (TPSA) is 79.0 Å². The molecule has 2 heterocycles. The summed E-state index contributed by atoms with van der Waals surface area (Å²) in [6.45, 7) is 11.6. The van der Waals surface area contributed by atoms with E-state index in [9.17, 15) is 14.4 Å². The lowest BCUT2D eigenvalue weighted by atomic mass is 9.88. The Hall–Kier alpha value is -3.52. The van der Waals surface area contributed by atoms with Crippen molar-refractivity contribution in [2.45, 2.75) is 40.2 Å². The Morgan fingerprint density at radius 2 is 1.83 bits per heavy atom. The van der Waals surface area contributed by atoms with Crippen LogP contribution >= 0.6 is 11.8 Å². The SMILES string of the molecule is CCOc1ccc(NC(=O)CN2C(=O)S/C(=C\c3ccc4c(c3)C(C)=CC(C)(C)N4CC)C2=O)cc1. The van der Waals surface area contributed by atoms with Crippen molar-refractivity contribution in [3.8, 4) is 5.75 Å². The predicted octanol–water partition coefficient (Wildman–Crippen LogP) is 5.78. The molecule has 2 aliphatic rings. The van der Waals surface area contributed by atoms with Gasteiger partial charge in [0.1, 0.15) is 12.3 Å². The fourth-order valence-corrected chi connectivity index (χ4v) is 5.54. The fourth-order valence-electron chi connectivity index (χ4n) is 4.70. The largest absolute Gasteiger partial charge is 0.494 e. The number of thioether (sulfide) groups is 1. The van der Waals surface area contributed by atoms with E-state index in [-0.39, 0.29) is 12.1 Å². The van der Waals surface area contributed by atoms with Gasteiger partial charge >= 0.3 is 0 Å². The van der Waals surface area contributed by atoms with Gasteiger partial charge in [0.15, 0.2) is 0 Å². The maximum atomic E-state index is 13.0. The lowest BCUT2D eigenvalue weighted by molar-refractivity contribution is -0.127. The van der Waals surface area contributed by atoms with Crippen LogP contribution in [0.25, 0.3) is 11.6 Å². The summed E-state index contributed by atoms with van der Waals surface area (Å²) >= 11 is 0.852. The van der Waals surface area contributed by atoms with E-state index in [1.54, 1.807) is 30.3 Å². The van der Waals surface area contributed by atoms with Crippen molar-refractivity contribution < 1.29 is 19.1 Å². The number of rotatable bonds is 7. The lowest BCUT2D eigenvalue weighted by Crippen LogP contribution is -2.44. The van der Waals surface area contributed by atoms with Gasteiger partial charge in [-0.2, -0.15) is 0 Å². The van der Waals surface area contributed by atoms with E-state index in [0.29, 0.717) is 22.9 Å². The summed E-state index contributed by atoms with van der Waals surface area (Å²) in [4.78, 5) is 41.6. The van der Waals surface area contributed by atoms with Crippen molar-refractivity contribution in [3.63, 3.8) is 0 Å². The van der Waals surface area contributed by atoms with Gasteiger partial charge in [-0.05, 0) is 100.0 Å². The first-order valence-electron chi connectivity index (χ1n) is 12.0. The van der Waals surface area contributed by atoms with Gasteiger partial charge in [0.25, 0.3) is 11.1 Å². The molecule has 2 aromatic rings. The Morgan fingerprint density at radius 1 is 1.11 bits per heavy atom. The van der Waals surface area contributed by atoms with Crippen LogP contribution in [0.3, 0.4) is 0 Å².